The number of thioether (sulfide) groups is 1. The maximum absolute atomic E-state index is 12.8. The molecule has 138 valence electrons. The van der Waals surface area contributed by atoms with E-state index in [0.29, 0.717) is 18.3 Å². The van der Waals surface area contributed by atoms with E-state index in [9.17, 15) is 26.7 Å². The molecule has 10 heteroatoms. The summed E-state index contributed by atoms with van der Waals surface area (Å²) in [7, 11) is 1.64. The molecule has 0 aromatic heterocycles. The van der Waals surface area contributed by atoms with Gasteiger partial charge in [0.2, 0.25) is 12.3 Å². The third-order valence-corrected chi connectivity index (χ3v) is 3.97. The first-order valence-electron chi connectivity index (χ1n) is 6.72. The zero-order valence-corrected chi connectivity index (χ0v) is 14.5. The van der Waals surface area contributed by atoms with Crippen molar-refractivity contribution in [3.05, 3.63) is 23.8 Å². The monoisotopic (exact) mass is 392 g/mol. The van der Waals surface area contributed by atoms with Crippen LogP contribution in [0.4, 0.5) is 27.6 Å². The van der Waals surface area contributed by atoms with Crippen LogP contribution in [0.25, 0.3) is 0 Å². The highest BCUT2D eigenvalue weighted by molar-refractivity contribution is 7.99. The molecule has 3 nitrogen and oxygen atoms in total. The van der Waals surface area contributed by atoms with E-state index in [1.54, 1.807) is 14.0 Å². The van der Waals surface area contributed by atoms with E-state index < -0.39 is 35.7 Å². The third kappa shape index (κ3) is 7.23. The number of alkyl halides is 5. The van der Waals surface area contributed by atoms with Crippen molar-refractivity contribution >= 4 is 35.8 Å². The molecule has 1 atom stereocenters. The molecule has 1 amide bonds. The number of hydrogen-bond acceptors (Lipinski definition) is 3. The number of hydrogen-bond donors (Lipinski definition) is 2. The molecule has 1 aromatic rings. The quantitative estimate of drug-likeness (QED) is 0.537. The maximum atomic E-state index is 12.8. The minimum atomic E-state index is -4.58. The summed E-state index contributed by atoms with van der Waals surface area (Å²) in [6.07, 6.45) is -7.18. The van der Waals surface area contributed by atoms with Gasteiger partial charge in [0.25, 0.3) is 0 Å². The van der Waals surface area contributed by atoms with E-state index in [2.05, 4.69) is 10.6 Å². The van der Waals surface area contributed by atoms with E-state index in [0.717, 1.165) is 18.2 Å². The average Bonchev–Trinajstić information content (AvgIpc) is 2.44. The van der Waals surface area contributed by atoms with Crippen LogP contribution in [0.1, 0.15) is 12.5 Å². The molecule has 0 fully saturated rings. The number of benzene rings is 1. The summed E-state index contributed by atoms with van der Waals surface area (Å²) in [6, 6.07) is 2.66. The van der Waals surface area contributed by atoms with Crippen LogP contribution in [-0.2, 0) is 11.0 Å². The number of carbonyl (C=O) groups excluding carboxylic acids is 1. The Morgan fingerprint density at radius 1 is 1.29 bits per heavy atom. The van der Waals surface area contributed by atoms with Crippen LogP contribution >= 0.6 is 24.2 Å². The van der Waals surface area contributed by atoms with E-state index in [1.807, 2.05) is 0 Å². The molecule has 24 heavy (non-hydrogen) atoms. The lowest BCUT2D eigenvalue weighted by molar-refractivity contribution is -0.137. The molecule has 0 aliphatic heterocycles. The van der Waals surface area contributed by atoms with Gasteiger partial charge in [-0.3, -0.25) is 4.79 Å². The van der Waals surface area contributed by atoms with Crippen molar-refractivity contribution in [2.24, 2.45) is 5.92 Å². The van der Waals surface area contributed by atoms with Gasteiger partial charge in [-0.2, -0.15) is 13.2 Å². The van der Waals surface area contributed by atoms with Crippen LogP contribution < -0.4 is 10.6 Å². The highest BCUT2D eigenvalue weighted by Gasteiger charge is 2.31. The van der Waals surface area contributed by atoms with Gasteiger partial charge in [-0.15, -0.1) is 24.2 Å². The fraction of sp³-hybridized carbons (Fsp3) is 0.500. The summed E-state index contributed by atoms with van der Waals surface area (Å²) in [4.78, 5) is 12.1. The van der Waals surface area contributed by atoms with Crippen molar-refractivity contribution in [3.8, 4) is 0 Å². The lowest BCUT2D eigenvalue weighted by Gasteiger charge is -2.16. The van der Waals surface area contributed by atoms with Gasteiger partial charge in [-0.05, 0) is 25.2 Å². The summed E-state index contributed by atoms with van der Waals surface area (Å²) in [5.41, 5.74) is -1.06. The number of halogens is 6. The Morgan fingerprint density at radius 2 is 1.92 bits per heavy atom. The smallest absolute Gasteiger partial charge is 0.325 e. The number of anilines is 1. The Kier molecular flexibility index (Phi) is 9.61. The van der Waals surface area contributed by atoms with Gasteiger partial charge >= 0.3 is 6.18 Å². The Labute approximate surface area is 147 Å². The Morgan fingerprint density at radius 3 is 2.42 bits per heavy atom. The van der Waals surface area contributed by atoms with E-state index >= 15 is 0 Å². The van der Waals surface area contributed by atoms with Crippen LogP contribution in [0, 0.1) is 5.92 Å². The van der Waals surface area contributed by atoms with Crippen molar-refractivity contribution < 1.29 is 26.7 Å². The van der Waals surface area contributed by atoms with Crippen LogP contribution in [0.3, 0.4) is 0 Å². The minimum Gasteiger partial charge on any atom is -0.325 e. The standard InChI is InChI=1S/C14H17F5N2OS.ClH/c1-8(6-20-2)13(22)21-10-5-9(14(17,18)19)3-4-11(10)23-7-12(15)16;/h3-5,8,12,20H,6-7H2,1-2H3,(H,21,22);1H. The largest absolute Gasteiger partial charge is 0.416 e. The molecule has 0 radical (unpaired) electrons. The highest BCUT2D eigenvalue weighted by Crippen LogP contribution is 2.36. The SMILES string of the molecule is CNCC(C)C(=O)Nc1cc(C(F)(F)F)ccc1SCC(F)F.Cl. The summed E-state index contributed by atoms with van der Waals surface area (Å²) in [5, 5.41) is 5.17. The maximum Gasteiger partial charge on any atom is 0.416 e. The third-order valence-electron chi connectivity index (χ3n) is 2.89. The zero-order chi connectivity index (χ0) is 17.6. The number of carbonyl (C=O) groups is 1. The van der Waals surface area contributed by atoms with E-state index in [4.69, 9.17) is 0 Å². The van der Waals surface area contributed by atoms with Gasteiger partial charge in [0, 0.05) is 17.4 Å². The van der Waals surface area contributed by atoms with Crippen LogP contribution in [-0.4, -0.2) is 31.7 Å². The van der Waals surface area contributed by atoms with Gasteiger partial charge in [-0.25, -0.2) is 8.78 Å². The molecule has 1 unspecified atom stereocenters. The highest BCUT2D eigenvalue weighted by atomic mass is 35.5. The predicted molar refractivity (Wildman–Crippen MR) is 87.1 cm³/mol. The predicted octanol–water partition coefficient (Wildman–Crippen LogP) is 4.28. The van der Waals surface area contributed by atoms with Gasteiger partial charge in [0.15, 0.2) is 0 Å². The number of amides is 1. The summed E-state index contributed by atoms with van der Waals surface area (Å²) >= 11 is 0.694. The molecule has 0 bridgehead atoms. The van der Waals surface area contributed by atoms with Gasteiger partial charge in [0.05, 0.1) is 17.0 Å². The molecule has 0 heterocycles. The topological polar surface area (TPSA) is 41.1 Å². The summed E-state index contributed by atoms with van der Waals surface area (Å²) in [6.45, 7) is 1.94. The van der Waals surface area contributed by atoms with Crippen molar-refractivity contribution in [1.82, 2.24) is 5.32 Å². The molecule has 0 aliphatic carbocycles. The Balaban J connectivity index is 0.00000529. The fourth-order valence-corrected chi connectivity index (χ4v) is 2.47. The van der Waals surface area contributed by atoms with Crippen LogP contribution in [0.15, 0.2) is 23.1 Å². The molecular weight excluding hydrogens is 375 g/mol. The van der Waals surface area contributed by atoms with E-state index in [1.165, 1.54) is 0 Å². The second-order valence-corrected chi connectivity index (χ2v) is 5.92. The number of nitrogens with one attached hydrogen (secondary N) is 2. The lowest BCUT2D eigenvalue weighted by atomic mass is 10.1. The molecule has 1 rings (SSSR count). The van der Waals surface area contributed by atoms with Gasteiger partial charge in [0.1, 0.15) is 0 Å². The molecule has 1 aromatic carbocycles. The summed E-state index contributed by atoms with van der Waals surface area (Å²) in [5.74, 6) is -1.54. The molecule has 0 aliphatic rings. The van der Waals surface area contributed by atoms with E-state index in [-0.39, 0.29) is 23.0 Å². The molecular formula is C14H18ClF5N2OS. The van der Waals surface area contributed by atoms with Gasteiger partial charge in [-0.1, -0.05) is 6.92 Å². The van der Waals surface area contributed by atoms with Crippen molar-refractivity contribution in [3.63, 3.8) is 0 Å². The first-order chi connectivity index (χ1) is 10.6. The first-order valence-corrected chi connectivity index (χ1v) is 7.71. The molecule has 0 spiro atoms. The van der Waals surface area contributed by atoms with Gasteiger partial charge < -0.3 is 10.6 Å². The lowest BCUT2D eigenvalue weighted by Crippen LogP contribution is -2.29. The zero-order valence-electron chi connectivity index (χ0n) is 12.9. The minimum absolute atomic E-state index is 0. The van der Waals surface area contributed by atoms with Crippen molar-refractivity contribution in [1.29, 1.82) is 0 Å². The Hall–Kier alpha value is -1.06. The second kappa shape index (κ2) is 10.0. The van der Waals surface area contributed by atoms with Crippen molar-refractivity contribution in [2.75, 3.05) is 24.7 Å². The molecule has 0 saturated carbocycles. The number of rotatable bonds is 7. The normalized spacial score (nSPS) is 12.7. The average molecular weight is 393 g/mol. The first kappa shape index (κ1) is 22.9. The van der Waals surface area contributed by atoms with Crippen LogP contribution in [0.5, 0.6) is 0 Å². The Bertz CT molecular complexity index is 542. The van der Waals surface area contributed by atoms with Crippen molar-refractivity contribution in [2.45, 2.75) is 24.4 Å². The molecule has 0 saturated heterocycles. The second-order valence-electron chi connectivity index (χ2n) is 4.86. The fourth-order valence-electron chi connectivity index (χ4n) is 1.74. The summed E-state index contributed by atoms with van der Waals surface area (Å²) < 4.78 is 63.0. The molecule has 2 N–H and O–H groups in total. The van der Waals surface area contributed by atoms with Crippen LogP contribution in [0.2, 0.25) is 0 Å².